The molecule has 6 heteroatoms. The number of hydrogen-bond acceptors (Lipinski definition) is 4. The van der Waals surface area contributed by atoms with Gasteiger partial charge < -0.3 is 9.84 Å². The van der Waals surface area contributed by atoms with Gasteiger partial charge in [0.1, 0.15) is 0 Å². The fraction of sp³-hybridized carbons (Fsp3) is 0.346. The number of rotatable bonds is 12. The van der Waals surface area contributed by atoms with E-state index < -0.39 is 11.9 Å². The summed E-state index contributed by atoms with van der Waals surface area (Å²) in [7, 11) is 0. The zero-order valence-electron chi connectivity index (χ0n) is 18.9. The van der Waals surface area contributed by atoms with Gasteiger partial charge >= 0.3 is 0 Å². The summed E-state index contributed by atoms with van der Waals surface area (Å²) in [6.45, 7) is 9.68. The van der Waals surface area contributed by atoms with E-state index in [0.29, 0.717) is 25.4 Å². The Morgan fingerprint density at radius 3 is 2.59 bits per heavy atom. The van der Waals surface area contributed by atoms with E-state index in [1.807, 2.05) is 43.3 Å². The lowest BCUT2D eigenvalue weighted by Gasteiger charge is -2.25. The number of nitrogens with zero attached hydrogens (tertiary/aromatic N) is 3. The van der Waals surface area contributed by atoms with Crippen LogP contribution in [0.25, 0.3) is 5.69 Å². The Bertz CT molecular complexity index is 1000. The molecule has 0 saturated heterocycles. The van der Waals surface area contributed by atoms with E-state index in [0.717, 1.165) is 36.3 Å². The molecule has 1 atom stereocenters. The molecule has 0 aliphatic carbocycles. The normalized spacial score (nSPS) is 12.2. The SMILES string of the molecule is C=CCC[C@@H](O)CN(CCC)Cc1c(C)nn(-c2ccccc2)c1Oc1ccccc1F. The van der Waals surface area contributed by atoms with Crippen molar-refractivity contribution in [1.29, 1.82) is 0 Å². The highest BCUT2D eigenvalue weighted by Crippen LogP contribution is 2.32. The van der Waals surface area contributed by atoms with Crippen LogP contribution in [0.1, 0.15) is 37.4 Å². The van der Waals surface area contributed by atoms with Crippen molar-refractivity contribution in [2.24, 2.45) is 0 Å². The fourth-order valence-corrected chi connectivity index (χ4v) is 3.68. The molecule has 0 saturated carbocycles. The number of allylic oxidation sites excluding steroid dienone is 1. The van der Waals surface area contributed by atoms with Gasteiger partial charge in [0, 0.05) is 13.1 Å². The van der Waals surface area contributed by atoms with Gasteiger partial charge in [0.2, 0.25) is 5.88 Å². The first kappa shape index (κ1) is 23.7. The van der Waals surface area contributed by atoms with E-state index in [4.69, 9.17) is 9.84 Å². The quantitative estimate of drug-likeness (QED) is 0.372. The lowest BCUT2D eigenvalue weighted by Crippen LogP contribution is -2.33. The van der Waals surface area contributed by atoms with Crippen molar-refractivity contribution in [1.82, 2.24) is 14.7 Å². The number of ether oxygens (including phenoxy) is 1. The summed E-state index contributed by atoms with van der Waals surface area (Å²) in [4.78, 5) is 2.20. The minimum absolute atomic E-state index is 0.152. The molecule has 5 nitrogen and oxygen atoms in total. The van der Waals surface area contributed by atoms with Gasteiger partial charge in [0.25, 0.3) is 0 Å². The van der Waals surface area contributed by atoms with Crippen LogP contribution in [-0.2, 0) is 6.54 Å². The average molecular weight is 438 g/mol. The molecule has 0 aliphatic heterocycles. The Hall–Kier alpha value is -2.96. The van der Waals surface area contributed by atoms with E-state index >= 15 is 0 Å². The first-order chi connectivity index (χ1) is 15.5. The van der Waals surface area contributed by atoms with Crippen LogP contribution in [0.3, 0.4) is 0 Å². The van der Waals surface area contributed by atoms with Gasteiger partial charge in [-0.3, -0.25) is 4.90 Å². The summed E-state index contributed by atoms with van der Waals surface area (Å²) < 4.78 is 22.3. The third kappa shape index (κ3) is 6.05. The van der Waals surface area contributed by atoms with Crippen molar-refractivity contribution in [2.45, 2.75) is 45.8 Å². The molecule has 0 amide bonds. The van der Waals surface area contributed by atoms with Gasteiger partial charge in [-0.1, -0.05) is 43.3 Å². The minimum atomic E-state index is -0.444. The number of halogens is 1. The number of hydrogen-bond donors (Lipinski definition) is 1. The molecular formula is C26H32FN3O2. The maximum atomic E-state index is 14.4. The van der Waals surface area contributed by atoms with Crippen LogP contribution in [0.4, 0.5) is 4.39 Å². The second kappa shape index (κ2) is 11.6. The molecule has 0 aliphatic rings. The van der Waals surface area contributed by atoms with Crippen molar-refractivity contribution >= 4 is 0 Å². The number of benzene rings is 2. The molecule has 0 radical (unpaired) electrons. The number of para-hydroxylation sites is 2. The molecule has 0 fully saturated rings. The van der Waals surface area contributed by atoms with Gasteiger partial charge in [-0.25, -0.2) is 9.07 Å². The molecule has 0 unspecified atom stereocenters. The standard InChI is InChI=1S/C26H32FN3O2/c1-4-6-14-22(31)18-29(17-5-2)19-23-20(3)28-30(21-12-8-7-9-13-21)26(23)32-25-16-11-10-15-24(25)27/h4,7-13,15-16,22,31H,1,5-6,14,17-19H2,2-3H3/t22-/m1/s1. The molecule has 1 aromatic heterocycles. The molecule has 0 spiro atoms. The first-order valence-corrected chi connectivity index (χ1v) is 11.1. The Balaban J connectivity index is 1.97. The molecule has 1 heterocycles. The molecule has 1 N–H and O–H groups in total. The summed E-state index contributed by atoms with van der Waals surface area (Å²) in [5, 5.41) is 15.2. The molecular weight excluding hydrogens is 405 g/mol. The fourth-order valence-electron chi connectivity index (χ4n) is 3.68. The maximum absolute atomic E-state index is 14.4. The van der Waals surface area contributed by atoms with Crippen LogP contribution in [0.2, 0.25) is 0 Å². The van der Waals surface area contributed by atoms with E-state index in [-0.39, 0.29) is 5.75 Å². The minimum Gasteiger partial charge on any atom is -0.435 e. The Kier molecular flexibility index (Phi) is 8.59. The van der Waals surface area contributed by atoms with Crippen LogP contribution in [-0.4, -0.2) is 39.0 Å². The Morgan fingerprint density at radius 1 is 1.19 bits per heavy atom. The van der Waals surface area contributed by atoms with Crippen molar-refractivity contribution < 1.29 is 14.2 Å². The number of aryl methyl sites for hydroxylation is 1. The second-order valence-corrected chi connectivity index (χ2v) is 7.90. The zero-order valence-corrected chi connectivity index (χ0v) is 18.9. The first-order valence-electron chi connectivity index (χ1n) is 11.1. The summed E-state index contributed by atoms with van der Waals surface area (Å²) >= 11 is 0. The molecule has 0 bridgehead atoms. The Labute approximate surface area is 189 Å². The van der Waals surface area contributed by atoms with Gasteiger partial charge in [-0.05, 0) is 57.0 Å². The van der Waals surface area contributed by atoms with Crippen molar-refractivity contribution in [3.8, 4) is 17.3 Å². The van der Waals surface area contributed by atoms with Crippen LogP contribution in [0, 0.1) is 12.7 Å². The molecule has 2 aromatic carbocycles. The van der Waals surface area contributed by atoms with Crippen molar-refractivity contribution in [3.05, 3.63) is 84.3 Å². The predicted molar refractivity (Wildman–Crippen MR) is 126 cm³/mol. The van der Waals surface area contributed by atoms with E-state index in [1.165, 1.54) is 6.07 Å². The van der Waals surface area contributed by atoms with Gasteiger partial charge in [-0.2, -0.15) is 5.10 Å². The van der Waals surface area contributed by atoms with Gasteiger partial charge in [0.05, 0.1) is 23.0 Å². The van der Waals surface area contributed by atoms with Crippen LogP contribution in [0.15, 0.2) is 67.3 Å². The van der Waals surface area contributed by atoms with Gasteiger partial charge in [0.15, 0.2) is 11.6 Å². The third-order valence-corrected chi connectivity index (χ3v) is 5.28. The summed E-state index contributed by atoms with van der Waals surface area (Å²) in [6, 6.07) is 16.0. The topological polar surface area (TPSA) is 50.5 Å². The highest BCUT2D eigenvalue weighted by Gasteiger charge is 2.23. The Morgan fingerprint density at radius 2 is 1.91 bits per heavy atom. The number of aromatic nitrogens is 2. The van der Waals surface area contributed by atoms with Crippen molar-refractivity contribution in [3.63, 3.8) is 0 Å². The highest BCUT2D eigenvalue weighted by atomic mass is 19.1. The largest absolute Gasteiger partial charge is 0.435 e. The summed E-state index contributed by atoms with van der Waals surface area (Å²) in [5.41, 5.74) is 2.52. The smallest absolute Gasteiger partial charge is 0.227 e. The summed E-state index contributed by atoms with van der Waals surface area (Å²) in [6.07, 6.45) is 3.77. The van der Waals surface area contributed by atoms with Crippen LogP contribution < -0.4 is 4.74 Å². The molecule has 170 valence electrons. The number of aliphatic hydroxyl groups is 1. The van der Waals surface area contributed by atoms with E-state index in [9.17, 15) is 9.50 Å². The third-order valence-electron chi connectivity index (χ3n) is 5.28. The summed E-state index contributed by atoms with van der Waals surface area (Å²) in [5.74, 6) is 0.210. The average Bonchev–Trinajstić information content (AvgIpc) is 3.09. The van der Waals surface area contributed by atoms with E-state index in [2.05, 4.69) is 18.4 Å². The van der Waals surface area contributed by atoms with Crippen LogP contribution in [0.5, 0.6) is 11.6 Å². The molecule has 3 rings (SSSR count). The van der Waals surface area contributed by atoms with Gasteiger partial charge in [-0.15, -0.1) is 6.58 Å². The lowest BCUT2D eigenvalue weighted by molar-refractivity contribution is 0.102. The monoisotopic (exact) mass is 437 g/mol. The maximum Gasteiger partial charge on any atom is 0.227 e. The van der Waals surface area contributed by atoms with E-state index in [1.54, 1.807) is 22.9 Å². The lowest BCUT2D eigenvalue weighted by atomic mass is 10.1. The zero-order chi connectivity index (χ0) is 22.9. The highest BCUT2D eigenvalue weighted by molar-refractivity contribution is 5.43. The molecule has 32 heavy (non-hydrogen) atoms. The molecule has 3 aromatic rings. The van der Waals surface area contributed by atoms with Crippen molar-refractivity contribution in [2.75, 3.05) is 13.1 Å². The number of aliphatic hydroxyl groups excluding tert-OH is 1. The second-order valence-electron chi connectivity index (χ2n) is 7.90. The van der Waals surface area contributed by atoms with Crippen LogP contribution >= 0.6 is 0 Å². The predicted octanol–water partition coefficient (Wildman–Crippen LogP) is 5.65.